The van der Waals surface area contributed by atoms with Crippen molar-refractivity contribution >= 4 is 22.5 Å². The Morgan fingerprint density at radius 3 is 2.78 bits per heavy atom. The van der Waals surface area contributed by atoms with Crippen LogP contribution in [-0.2, 0) is 0 Å². The molecule has 0 unspecified atom stereocenters. The molecule has 0 spiro atoms. The van der Waals surface area contributed by atoms with Crippen molar-refractivity contribution in [1.29, 1.82) is 0 Å². The summed E-state index contributed by atoms with van der Waals surface area (Å²) in [5.74, 6) is 0.370. The zero-order chi connectivity index (χ0) is 18.8. The Morgan fingerprint density at radius 2 is 1.93 bits per heavy atom. The highest BCUT2D eigenvalue weighted by atomic mass is 16.5. The molecular formula is C20H17N5O2. The van der Waals surface area contributed by atoms with E-state index in [4.69, 9.17) is 4.74 Å². The first kappa shape index (κ1) is 16.7. The average Bonchev–Trinajstić information content (AvgIpc) is 3.10. The summed E-state index contributed by atoms with van der Waals surface area (Å²) < 4.78 is 6.85. The van der Waals surface area contributed by atoms with Gasteiger partial charge in [0.25, 0.3) is 5.91 Å². The third kappa shape index (κ3) is 3.10. The van der Waals surface area contributed by atoms with Gasteiger partial charge in [0.2, 0.25) is 0 Å². The predicted octanol–water partition coefficient (Wildman–Crippen LogP) is 3.38. The van der Waals surface area contributed by atoms with Gasteiger partial charge in [-0.1, -0.05) is 29.5 Å². The minimum absolute atomic E-state index is 0.255. The first-order chi connectivity index (χ1) is 13.2. The third-order valence-electron chi connectivity index (χ3n) is 4.29. The standard InChI is InChI=1S/C20H17N5O2/c1-13-18(23-24-25(13)15-8-4-9-16(12-15)27-2)20(26)22-17-10-3-6-14-7-5-11-21-19(14)17/h3-12H,1-2H3,(H,22,26). The zero-order valence-electron chi connectivity index (χ0n) is 14.9. The van der Waals surface area contributed by atoms with E-state index in [0.717, 1.165) is 16.6 Å². The molecule has 0 atom stereocenters. The monoisotopic (exact) mass is 359 g/mol. The van der Waals surface area contributed by atoms with Gasteiger partial charge in [0, 0.05) is 17.6 Å². The number of amides is 1. The molecule has 0 fully saturated rings. The van der Waals surface area contributed by atoms with Crippen LogP contribution < -0.4 is 10.1 Å². The largest absolute Gasteiger partial charge is 0.497 e. The van der Waals surface area contributed by atoms with Crippen LogP contribution in [0.25, 0.3) is 16.6 Å². The van der Waals surface area contributed by atoms with Crippen LogP contribution in [0.2, 0.25) is 0 Å². The van der Waals surface area contributed by atoms with Crippen molar-refractivity contribution in [3.63, 3.8) is 0 Å². The van der Waals surface area contributed by atoms with E-state index in [1.807, 2.05) is 54.6 Å². The molecular weight excluding hydrogens is 342 g/mol. The SMILES string of the molecule is COc1cccc(-n2nnc(C(=O)Nc3cccc4cccnc34)c2C)c1. The second-order valence-corrected chi connectivity index (χ2v) is 5.97. The quantitative estimate of drug-likeness (QED) is 0.604. The van der Waals surface area contributed by atoms with E-state index in [1.54, 1.807) is 24.9 Å². The van der Waals surface area contributed by atoms with Crippen molar-refractivity contribution in [2.45, 2.75) is 6.92 Å². The van der Waals surface area contributed by atoms with Gasteiger partial charge in [-0.25, -0.2) is 4.68 Å². The van der Waals surface area contributed by atoms with Gasteiger partial charge in [-0.05, 0) is 31.2 Å². The summed E-state index contributed by atoms with van der Waals surface area (Å²) in [5, 5.41) is 12.0. The number of fused-ring (bicyclic) bond motifs is 1. The number of aromatic nitrogens is 4. The van der Waals surface area contributed by atoms with Gasteiger partial charge in [0.05, 0.1) is 29.7 Å². The fraction of sp³-hybridized carbons (Fsp3) is 0.100. The topological polar surface area (TPSA) is 81.9 Å². The van der Waals surface area contributed by atoms with Crippen LogP contribution in [0.1, 0.15) is 16.2 Å². The molecule has 4 rings (SSSR count). The van der Waals surface area contributed by atoms with Crippen molar-refractivity contribution in [2.75, 3.05) is 12.4 Å². The van der Waals surface area contributed by atoms with Crippen LogP contribution in [-0.4, -0.2) is 33.0 Å². The van der Waals surface area contributed by atoms with E-state index in [-0.39, 0.29) is 11.6 Å². The lowest BCUT2D eigenvalue weighted by atomic mass is 10.2. The van der Waals surface area contributed by atoms with Crippen LogP contribution in [0.15, 0.2) is 60.8 Å². The number of pyridine rings is 1. The van der Waals surface area contributed by atoms with Crippen LogP contribution >= 0.6 is 0 Å². The molecule has 27 heavy (non-hydrogen) atoms. The second-order valence-electron chi connectivity index (χ2n) is 5.97. The van der Waals surface area contributed by atoms with Gasteiger partial charge in [-0.3, -0.25) is 9.78 Å². The summed E-state index contributed by atoms with van der Waals surface area (Å²) in [7, 11) is 1.60. The molecule has 0 saturated carbocycles. The molecule has 0 aliphatic rings. The van der Waals surface area contributed by atoms with Crippen LogP contribution in [0, 0.1) is 6.92 Å². The second kappa shape index (κ2) is 6.87. The Labute approximate surface area is 155 Å². The van der Waals surface area contributed by atoms with Gasteiger partial charge < -0.3 is 10.1 Å². The number of hydrogen-bond donors (Lipinski definition) is 1. The van der Waals surface area contributed by atoms with Crippen LogP contribution in [0.5, 0.6) is 5.75 Å². The molecule has 7 heteroatoms. The minimum atomic E-state index is -0.334. The van der Waals surface area contributed by atoms with Crippen molar-refractivity contribution < 1.29 is 9.53 Å². The van der Waals surface area contributed by atoms with Gasteiger partial charge in [0.1, 0.15) is 5.75 Å². The summed E-state index contributed by atoms with van der Waals surface area (Å²) >= 11 is 0. The molecule has 1 N–H and O–H groups in total. The number of nitrogens with zero attached hydrogens (tertiary/aromatic N) is 4. The van der Waals surface area contributed by atoms with E-state index < -0.39 is 0 Å². The number of benzene rings is 2. The van der Waals surface area contributed by atoms with E-state index in [2.05, 4.69) is 20.6 Å². The molecule has 7 nitrogen and oxygen atoms in total. The number of anilines is 1. The van der Waals surface area contributed by atoms with Gasteiger partial charge >= 0.3 is 0 Å². The molecule has 0 bridgehead atoms. The molecule has 2 heterocycles. The highest BCUT2D eigenvalue weighted by Gasteiger charge is 2.18. The highest BCUT2D eigenvalue weighted by Crippen LogP contribution is 2.22. The summed E-state index contributed by atoms with van der Waals surface area (Å²) in [6, 6.07) is 16.9. The number of rotatable bonds is 4. The van der Waals surface area contributed by atoms with Gasteiger partial charge in [0.15, 0.2) is 5.69 Å². The average molecular weight is 359 g/mol. The normalized spacial score (nSPS) is 10.7. The first-order valence-corrected chi connectivity index (χ1v) is 8.39. The lowest BCUT2D eigenvalue weighted by Crippen LogP contribution is -2.14. The summed E-state index contributed by atoms with van der Waals surface area (Å²) in [6.07, 6.45) is 1.70. The molecule has 2 aromatic carbocycles. The van der Waals surface area contributed by atoms with Crippen LogP contribution in [0.3, 0.4) is 0 Å². The van der Waals surface area contributed by atoms with E-state index >= 15 is 0 Å². The molecule has 0 aliphatic heterocycles. The minimum Gasteiger partial charge on any atom is -0.497 e. The van der Waals surface area contributed by atoms with Gasteiger partial charge in [-0.2, -0.15) is 0 Å². The van der Waals surface area contributed by atoms with E-state index in [1.165, 1.54) is 0 Å². The Balaban J connectivity index is 1.66. The number of carbonyl (C=O) groups excluding carboxylic acids is 1. The molecule has 4 aromatic rings. The first-order valence-electron chi connectivity index (χ1n) is 8.39. The van der Waals surface area contributed by atoms with E-state index in [9.17, 15) is 4.79 Å². The Morgan fingerprint density at radius 1 is 1.11 bits per heavy atom. The maximum atomic E-state index is 12.8. The number of methoxy groups -OCH3 is 1. The number of hydrogen-bond acceptors (Lipinski definition) is 5. The summed E-state index contributed by atoms with van der Waals surface area (Å²) in [4.78, 5) is 17.1. The fourth-order valence-electron chi connectivity index (χ4n) is 2.91. The maximum absolute atomic E-state index is 12.8. The van der Waals surface area contributed by atoms with Crippen molar-refractivity contribution in [1.82, 2.24) is 20.0 Å². The molecule has 2 aromatic heterocycles. The van der Waals surface area contributed by atoms with Crippen LogP contribution in [0.4, 0.5) is 5.69 Å². The highest BCUT2D eigenvalue weighted by molar-refractivity contribution is 6.07. The number of nitrogens with one attached hydrogen (secondary N) is 1. The molecule has 0 aliphatic carbocycles. The Hall–Kier alpha value is -3.74. The molecule has 0 saturated heterocycles. The summed E-state index contributed by atoms with van der Waals surface area (Å²) in [6.45, 7) is 1.80. The lowest BCUT2D eigenvalue weighted by molar-refractivity contribution is 0.102. The van der Waals surface area contributed by atoms with E-state index in [0.29, 0.717) is 17.1 Å². The summed E-state index contributed by atoms with van der Waals surface area (Å²) in [5.41, 5.74) is 3.02. The fourth-order valence-corrected chi connectivity index (χ4v) is 2.91. The number of para-hydroxylation sites is 1. The molecule has 0 radical (unpaired) electrons. The van der Waals surface area contributed by atoms with Crippen molar-refractivity contribution in [2.24, 2.45) is 0 Å². The maximum Gasteiger partial charge on any atom is 0.278 e. The third-order valence-corrected chi connectivity index (χ3v) is 4.29. The smallest absolute Gasteiger partial charge is 0.278 e. The number of ether oxygens (including phenoxy) is 1. The van der Waals surface area contributed by atoms with Crippen molar-refractivity contribution in [3.05, 3.63) is 72.2 Å². The van der Waals surface area contributed by atoms with Gasteiger partial charge in [-0.15, -0.1) is 5.10 Å². The van der Waals surface area contributed by atoms with Crippen molar-refractivity contribution in [3.8, 4) is 11.4 Å². The zero-order valence-corrected chi connectivity index (χ0v) is 14.9. The Kier molecular flexibility index (Phi) is 4.25. The molecule has 1 amide bonds. The Bertz CT molecular complexity index is 1130. The number of carbonyl (C=O) groups is 1. The molecule has 134 valence electrons. The predicted molar refractivity (Wildman–Crippen MR) is 102 cm³/mol. The lowest BCUT2D eigenvalue weighted by Gasteiger charge is -2.08.